The lowest BCUT2D eigenvalue weighted by molar-refractivity contribution is 0.298. The van der Waals surface area contributed by atoms with Gasteiger partial charge in [0.15, 0.2) is 0 Å². The van der Waals surface area contributed by atoms with Crippen LogP contribution in [0.1, 0.15) is 5.69 Å². The predicted molar refractivity (Wildman–Crippen MR) is 60.5 cm³/mol. The van der Waals surface area contributed by atoms with Gasteiger partial charge in [0.2, 0.25) is 0 Å². The molecule has 2 rings (SSSR count). The van der Waals surface area contributed by atoms with Gasteiger partial charge in [-0.15, -0.1) is 11.3 Å². The number of hydrogen-bond acceptors (Lipinski definition) is 3. The van der Waals surface area contributed by atoms with E-state index >= 15 is 0 Å². The fourth-order valence-corrected chi connectivity index (χ4v) is 1.95. The second kappa shape index (κ2) is 4.72. The fraction of sp³-hybridized carbons (Fsp3) is 0.100. The zero-order chi connectivity index (χ0) is 10.7. The van der Waals surface area contributed by atoms with Crippen molar-refractivity contribution < 1.29 is 9.13 Å². The van der Waals surface area contributed by atoms with Crippen molar-refractivity contribution in [1.82, 2.24) is 4.98 Å². The third-order valence-electron chi connectivity index (χ3n) is 1.75. The van der Waals surface area contributed by atoms with Crippen LogP contribution in [-0.4, -0.2) is 4.98 Å². The van der Waals surface area contributed by atoms with E-state index < -0.39 is 0 Å². The van der Waals surface area contributed by atoms with Gasteiger partial charge in [-0.3, -0.25) is 0 Å². The SMILES string of the molecule is Fc1ccc(Br)c(OCc2cscn2)c1. The van der Waals surface area contributed by atoms with Crippen LogP contribution in [0.25, 0.3) is 0 Å². The Hall–Kier alpha value is -0.940. The molecule has 0 saturated heterocycles. The van der Waals surface area contributed by atoms with Crippen LogP contribution < -0.4 is 4.74 Å². The third-order valence-corrected chi connectivity index (χ3v) is 3.04. The Bertz CT molecular complexity index is 447. The second-order valence-corrected chi connectivity index (χ2v) is 4.42. The molecular formula is C10H7BrFNOS. The third kappa shape index (κ3) is 2.76. The molecule has 0 spiro atoms. The highest BCUT2D eigenvalue weighted by molar-refractivity contribution is 9.10. The molecule has 0 aliphatic carbocycles. The van der Waals surface area contributed by atoms with Crippen LogP contribution in [-0.2, 0) is 6.61 Å². The van der Waals surface area contributed by atoms with Crippen molar-refractivity contribution in [3.05, 3.63) is 45.1 Å². The van der Waals surface area contributed by atoms with E-state index in [-0.39, 0.29) is 5.82 Å². The molecule has 0 atom stereocenters. The molecule has 15 heavy (non-hydrogen) atoms. The summed E-state index contributed by atoms with van der Waals surface area (Å²) in [6.45, 7) is 0.353. The van der Waals surface area contributed by atoms with Crippen molar-refractivity contribution in [3.63, 3.8) is 0 Å². The standard InChI is InChI=1S/C10H7BrFNOS/c11-9-2-1-7(12)3-10(9)14-4-8-5-15-6-13-8/h1-3,5-6H,4H2. The first-order chi connectivity index (χ1) is 7.25. The molecule has 2 aromatic rings. The van der Waals surface area contributed by atoms with Crippen LogP contribution in [0.5, 0.6) is 5.75 Å². The topological polar surface area (TPSA) is 22.1 Å². The summed E-state index contributed by atoms with van der Waals surface area (Å²) in [6.07, 6.45) is 0. The summed E-state index contributed by atoms with van der Waals surface area (Å²) in [6, 6.07) is 4.34. The minimum absolute atomic E-state index is 0.313. The van der Waals surface area contributed by atoms with E-state index in [1.807, 2.05) is 5.38 Å². The monoisotopic (exact) mass is 287 g/mol. The molecule has 2 nitrogen and oxygen atoms in total. The quantitative estimate of drug-likeness (QED) is 0.860. The van der Waals surface area contributed by atoms with E-state index in [9.17, 15) is 4.39 Å². The highest BCUT2D eigenvalue weighted by atomic mass is 79.9. The van der Waals surface area contributed by atoms with E-state index in [2.05, 4.69) is 20.9 Å². The van der Waals surface area contributed by atoms with Crippen molar-refractivity contribution >= 4 is 27.3 Å². The van der Waals surface area contributed by atoms with Gasteiger partial charge in [-0.05, 0) is 28.1 Å². The summed E-state index contributed by atoms with van der Waals surface area (Å²) in [5, 5.41) is 1.90. The van der Waals surface area contributed by atoms with Crippen molar-refractivity contribution in [2.75, 3.05) is 0 Å². The van der Waals surface area contributed by atoms with E-state index in [0.29, 0.717) is 12.4 Å². The molecule has 1 aromatic carbocycles. The largest absolute Gasteiger partial charge is 0.486 e. The molecule has 0 aliphatic rings. The molecule has 1 aromatic heterocycles. The molecule has 0 N–H and O–H groups in total. The first-order valence-corrected chi connectivity index (χ1v) is 5.94. The van der Waals surface area contributed by atoms with E-state index in [4.69, 9.17) is 4.74 Å². The molecule has 78 valence electrons. The molecule has 5 heteroatoms. The van der Waals surface area contributed by atoms with Crippen LogP contribution in [0.4, 0.5) is 4.39 Å². The number of thiazole rings is 1. The lowest BCUT2D eigenvalue weighted by atomic mass is 10.3. The van der Waals surface area contributed by atoms with Crippen molar-refractivity contribution in [3.8, 4) is 5.75 Å². The van der Waals surface area contributed by atoms with Gasteiger partial charge in [-0.2, -0.15) is 0 Å². The van der Waals surface area contributed by atoms with Gasteiger partial charge in [-0.1, -0.05) is 0 Å². The Morgan fingerprint density at radius 2 is 2.33 bits per heavy atom. The summed E-state index contributed by atoms with van der Waals surface area (Å²) < 4.78 is 19.1. The Morgan fingerprint density at radius 3 is 3.07 bits per heavy atom. The van der Waals surface area contributed by atoms with E-state index in [0.717, 1.165) is 10.2 Å². The van der Waals surface area contributed by atoms with Crippen LogP contribution in [0.15, 0.2) is 33.6 Å². The molecule has 0 fully saturated rings. The summed E-state index contributed by atoms with van der Waals surface area (Å²) in [7, 11) is 0. The zero-order valence-corrected chi connectivity index (χ0v) is 10.0. The van der Waals surface area contributed by atoms with Crippen LogP contribution >= 0.6 is 27.3 Å². The smallest absolute Gasteiger partial charge is 0.136 e. The van der Waals surface area contributed by atoms with Crippen molar-refractivity contribution in [2.45, 2.75) is 6.61 Å². The summed E-state index contributed by atoms with van der Waals surface area (Å²) in [5.74, 6) is 0.175. The highest BCUT2D eigenvalue weighted by Gasteiger charge is 2.03. The van der Waals surface area contributed by atoms with Gasteiger partial charge >= 0.3 is 0 Å². The number of rotatable bonds is 3. The van der Waals surface area contributed by atoms with Crippen molar-refractivity contribution in [2.24, 2.45) is 0 Å². The summed E-state index contributed by atoms with van der Waals surface area (Å²) in [4.78, 5) is 4.07. The fourth-order valence-electron chi connectivity index (χ4n) is 1.05. The maximum absolute atomic E-state index is 12.9. The van der Waals surface area contributed by atoms with Gasteiger partial charge in [0.1, 0.15) is 18.2 Å². The number of benzene rings is 1. The Kier molecular flexibility index (Phi) is 3.33. The minimum Gasteiger partial charge on any atom is -0.486 e. The van der Waals surface area contributed by atoms with Crippen LogP contribution in [0, 0.1) is 5.82 Å². The lowest BCUT2D eigenvalue weighted by Crippen LogP contribution is -1.96. The highest BCUT2D eigenvalue weighted by Crippen LogP contribution is 2.26. The Balaban J connectivity index is 2.07. The van der Waals surface area contributed by atoms with Crippen LogP contribution in [0.2, 0.25) is 0 Å². The number of aromatic nitrogens is 1. The second-order valence-electron chi connectivity index (χ2n) is 2.84. The van der Waals surface area contributed by atoms with E-state index in [1.165, 1.54) is 23.5 Å². The molecule has 0 unspecified atom stereocenters. The molecule has 0 amide bonds. The van der Waals surface area contributed by atoms with Gasteiger partial charge < -0.3 is 4.74 Å². The Morgan fingerprint density at radius 1 is 1.47 bits per heavy atom. The molecule has 0 radical (unpaired) electrons. The molecular weight excluding hydrogens is 281 g/mol. The number of hydrogen-bond donors (Lipinski definition) is 0. The number of halogens is 2. The van der Waals surface area contributed by atoms with Crippen molar-refractivity contribution in [1.29, 1.82) is 0 Å². The number of nitrogens with zero attached hydrogens (tertiary/aromatic N) is 1. The zero-order valence-electron chi connectivity index (χ0n) is 7.61. The lowest BCUT2D eigenvalue weighted by Gasteiger charge is -2.06. The van der Waals surface area contributed by atoms with E-state index in [1.54, 1.807) is 11.6 Å². The Labute approximate surface area is 98.9 Å². The average molecular weight is 288 g/mol. The van der Waals surface area contributed by atoms with Gasteiger partial charge in [0.25, 0.3) is 0 Å². The molecule has 0 saturated carbocycles. The van der Waals surface area contributed by atoms with Gasteiger partial charge in [0, 0.05) is 11.4 Å². The average Bonchev–Trinajstić information content (AvgIpc) is 2.72. The molecule has 0 bridgehead atoms. The molecule has 1 heterocycles. The maximum atomic E-state index is 12.9. The predicted octanol–water partition coefficient (Wildman–Crippen LogP) is 3.62. The number of ether oxygens (including phenoxy) is 1. The molecule has 0 aliphatic heterocycles. The normalized spacial score (nSPS) is 10.3. The first kappa shape index (κ1) is 10.6. The maximum Gasteiger partial charge on any atom is 0.136 e. The minimum atomic E-state index is -0.313. The first-order valence-electron chi connectivity index (χ1n) is 4.20. The van der Waals surface area contributed by atoms with Gasteiger partial charge in [0.05, 0.1) is 15.7 Å². The summed E-state index contributed by atoms with van der Waals surface area (Å²) >= 11 is 4.79. The van der Waals surface area contributed by atoms with Crippen LogP contribution in [0.3, 0.4) is 0 Å². The summed E-state index contributed by atoms with van der Waals surface area (Å²) in [5.41, 5.74) is 2.58. The van der Waals surface area contributed by atoms with Gasteiger partial charge in [-0.25, -0.2) is 9.37 Å².